The van der Waals surface area contributed by atoms with Crippen LogP contribution in [-0.4, -0.2) is 20.8 Å². The smallest absolute Gasteiger partial charge is 0.127 e. The molecule has 1 N–H and O–H groups in total. The van der Waals surface area contributed by atoms with E-state index in [1.165, 1.54) is 0 Å². The molecule has 0 unspecified atom stereocenters. The molecule has 0 aromatic heterocycles. The Bertz CT molecular complexity index is 339. The maximum atomic E-state index is 5.32. The van der Waals surface area contributed by atoms with Gasteiger partial charge in [0.15, 0.2) is 0 Å². The molecular weight excluding hydrogens is 218 g/mol. The van der Waals surface area contributed by atoms with E-state index in [1.807, 2.05) is 18.2 Å². The van der Waals surface area contributed by atoms with Gasteiger partial charge >= 0.3 is 0 Å². The van der Waals surface area contributed by atoms with E-state index in [2.05, 4.69) is 19.3 Å². The lowest BCUT2D eigenvalue weighted by atomic mass is 10.2. The van der Waals surface area contributed by atoms with E-state index in [9.17, 15) is 0 Å². The Labute approximate surface area is 103 Å². The molecule has 0 aliphatic carbocycles. The van der Waals surface area contributed by atoms with E-state index >= 15 is 0 Å². The molecule has 0 heterocycles. The highest BCUT2D eigenvalue weighted by molar-refractivity contribution is 5.40. The van der Waals surface area contributed by atoms with Gasteiger partial charge in [-0.25, -0.2) is 0 Å². The molecule has 1 aromatic rings. The third-order valence-corrected chi connectivity index (χ3v) is 2.28. The van der Waals surface area contributed by atoms with Crippen molar-refractivity contribution in [2.75, 3.05) is 20.8 Å². The second-order valence-electron chi connectivity index (χ2n) is 4.20. The molecule has 0 saturated carbocycles. The van der Waals surface area contributed by atoms with Gasteiger partial charge in [-0.15, -0.1) is 0 Å². The summed E-state index contributed by atoms with van der Waals surface area (Å²) in [5.74, 6) is 2.10. The van der Waals surface area contributed by atoms with Crippen molar-refractivity contribution in [2.24, 2.45) is 5.92 Å². The lowest BCUT2D eigenvalue weighted by Crippen LogP contribution is -2.17. The maximum absolute atomic E-state index is 5.32. The van der Waals surface area contributed by atoms with Crippen molar-refractivity contribution in [3.63, 3.8) is 0 Å². The molecule has 1 rings (SSSR count). The van der Waals surface area contributed by atoms with E-state index in [-0.39, 0.29) is 0 Å². The third kappa shape index (κ3) is 4.63. The van der Waals surface area contributed by atoms with Crippen LogP contribution in [0.1, 0.15) is 19.4 Å². The molecule has 0 saturated heterocycles. The van der Waals surface area contributed by atoms with Crippen molar-refractivity contribution < 1.29 is 14.3 Å². The Balaban J connectivity index is 2.52. The first kappa shape index (κ1) is 13.8. The molecule has 1 aromatic carbocycles. The SMILES string of the molecule is COc1ccc(CNOCC(C)C)c(OC)c1. The van der Waals surface area contributed by atoms with Crippen LogP contribution in [-0.2, 0) is 11.4 Å². The first-order valence-electron chi connectivity index (χ1n) is 5.73. The van der Waals surface area contributed by atoms with Gasteiger partial charge in [0.05, 0.1) is 20.8 Å². The van der Waals surface area contributed by atoms with Crippen molar-refractivity contribution in [3.05, 3.63) is 23.8 Å². The van der Waals surface area contributed by atoms with Gasteiger partial charge in [-0.1, -0.05) is 19.9 Å². The summed E-state index contributed by atoms with van der Waals surface area (Å²) in [4.78, 5) is 5.32. The van der Waals surface area contributed by atoms with Gasteiger partial charge in [-0.2, -0.15) is 5.48 Å². The van der Waals surface area contributed by atoms with Gasteiger partial charge < -0.3 is 14.3 Å². The summed E-state index contributed by atoms with van der Waals surface area (Å²) >= 11 is 0. The van der Waals surface area contributed by atoms with Gasteiger partial charge in [-0.05, 0) is 12.0 Å². The fourth-order valence-electron chi connectivity index (χ4n) is 1.35. The van der Waals surface area contributed by atoms with E-state index < -0.39 is 0 Å². The maximum Gasteiger partial charge on any atom is 0.127 e. The number of hydroxylamine groups is 1. The molecule has 4 heteroatoms. The first-order valence-corrected chi connectivity index (χ1v) is 5.73. The molecule has 0 amide bonds. The summed E-state index contributed by atoms with van der Waals surface area (Å²) in [6.07, 6.45) is 0. The second kappa shape index (κ2) is 7.14. The molecule has 0 radical (unpaired) electrons. The van der Waals surface area contributed by atoms with E-state index in [4.69, 9.17) is 14.3 Å². The van der Waals surface area contributed by atoms with Crippen molar-refractivity contribution in [1.82, 2.24) is 5.48 Å². The predicted molar refractivity (Wildman–Crippen MR) is 67.2 cm³/mol. The molecule has 4 nitrogen and oxygen atoms in total. The largest absolute Gasteiger partial charge is 0.497 e. The average Bonchev–Trinajstić information content (AvgIpc) is 2.34. The summed E-state index contributed by atoms with van der Waals surface area (Å²) in [7, 11) is 3.28. The minimum atomic E-state index is 0.514. The lowest BCUT2D eigenvalue weighted by molar-refractivity contribution is 0.0193. The highest BCUT2D eigenvalue weighted by Crippen LogP contribution is 2.24. The molecule has 0 spiro atoms. The van der Waals surface area contributed by atoms with Crippen molar-refractivity contribution in [1.29, 1.82) is 0 Å². The topological polar surface area (TPSA) is 39.7 Å². The third-order valence-electron chi connectivity index (χ3n) is 2.28. The fraction of sp³-hybridized carbons (Fsp3) is 0.538. The number of hydrogen-bond acceptors (Lipinski definition) is 4. The van der Waals surface area contributed by atoms with Crippen molar-refractivity contribution >= 4 is 0 Å². The van der Waals surface area contributed by atoms with Crippen LogP contribution in [0.4, 0.5) is 0 Å². The second-order valence-corrected chi connectivity index (χ2v) is 4.20. The number of methoxy groups -OCH3 is 2. The van der Waals surface area contributed by atoms with E-state index in [0.29, 0.717) is 19.1 Å². The zero-order chi connectivity index (χ0) is 12.7. The lowest BCUT2D eigenvalue weighted by Gasteiger charge is -2.12. The van der Waals surface area contributed by atoms with Crippen LogP contribution in [0.15, 0.2) is 18.2 Å². The Hall–Kier alpha value is -1.26. The normalized spacial score (nSPS) is 10.6. The van der Waals surface area contributed by atoms with Crippen molar-refractivity contribution in [2.45, 2.75) is 20.4 Å². The Morgan fingerprint density at radius 2 is 1.94 bits per heavy atom. The predicted octanol–water partition coefficient (Wildman–Crippen LogP) is 2.38. The highest BCUT2D eigenvalue weighted by atomic mass is 16.6. The van der Waals surface area contributed by atoms with Gasteiger partial charge in [0, 0.05) is 18.2 Å². The molecule has 17 heavy (non-hydrogen) atoms. The summed E-state index contributed by atoms with van der Waals surface area (Å²) in [5, 5.41) is 0. The summed E-state index contributed by atoms with van der Waals surface area (Å²) in [5.41, 5.74) is 3.96. The molecule has 0 fully saturated rings. The standard InChI is InChI=1S/C13H21NO3/c1-10(2)9-17-14-8-11-5-6-12(15-3)7-13(11)16-4/h5-7,10,14H,8-9H2,1-4H3. The molecule has 0 atom stereocenters. The molecule has 96 valence electrons. The first-order chi connectivity index (χ1) is 8.17. The number of nitrogens with one attached hydrogen (secondary N) is 1. The summed E-state index contributed by atoms with van der Waals surface area (Å²) < 4.78 is 10.4. The molecule has 0 aliphatic heterocycles. The minimum Gasteiger partial charge on any atom is -0.497 e. The van der Waals surface area contributed by atoms with Crippen LogP contribution in [0.2, 0.25) is 0 Å². The van der Waals surface area contributed by atoms with Gasteiger partial charge in [-0.3, -0.25) is 0 Å². The van der Waals surface area contributed by atoms with Gasteiger partial charge in [0.1, 0.15) is 11.5 Å². The summed E-state index contributed by atoms with van der Waals surface area (Å²) in [6.45, 7) is 5.52. The van der Waals surface area contributed by atoms with Gasteiger partial charge in [0.25, 0.3) is 0 Å². The minimum absolute atomic E-state index is 0.514. The highest BCUT2D eigenvalue weighted by Gasteiger charge is 2.04. The molecule has 0 bridgehead atoms. The zero-order valence-electron chi connectivity index (χ0n) is 10.9. The number of hydrogen-bond donors (Lipinski definition) is 1. The Morgan fingerprint density at radius 3 is 2.53 bits per heavy atom. The number of rotatable bonds is 7. The number of benzene rings is 1. The molecular formula is C13H21NO3. The van der Waals surface area contributed by atoms with Crippen molar-refractivity contribution in [3.8, 4) is 11.5 Å². The monoisotopic (exact) mass is 239 g/mol. The van der Waals surface area contributed by atoms with Crippen LogP contribution >= 0.6 is 0 Å². The van der Waals surface area contributed by atoms with Crippen LogP contribution < -0.4 is 15.0 Å². The number of ether oxygens (including phenoxy) is 2. The Kier molecular flexibility index (Phi) is 5.80. The average molecular weight is 239 g/mol. The fourth-order valence-corrected chi connectivity index (χ4v) is 1.35. The van der Waals surface area contributed by atoms with Crippen LogP contribution in [0.3, 0.4) is 0 Å². The van der Waals surface area contributed by atoms with E-state index in [0.717, 1.165) is 17.1 Å². The van der Waals surface area contributed by atoms with Crippen LogP contribution in [0, 0.1) is 5.92 Å². The zero-order valence-corrected chi connectivity index (χ0v) is 10.9. The quantitative estimate of drug-likeness (QED) is 0.586. The van der Waals surface area contributed by atoms with Gasteiger partial charge in [0.2, 0.25) is 0 Å². The van der Waals surface area contributed by atoms with Crippen LogP contribution in [0.25, 0.3) is 0 Å². The summed E-state index contributed by atoms with van der Waals surface area (Å²) in [6, 6.07) is 5.73. The van der Waals surface area contributed by atoms with E-state index in [1.54, 1.807) is 14.2 Å². The van der Waals surface area contributed by atoms with Crippen LogP contribution in [0.5, 0.6) is 11.5 Å². The molecule has 0 aliphatic rings. The Morgan fingerprint density at radius 1 is 1.18 bits per heavy atom.